The molecule has 2 aliphatic rings. The molecular weight excluding hydrogens is 528 g/mol. The number of hydrogen-bond donors (Lipinski definition) is 2. The minimum atomic E-state index is -4.65. The van der Waals surface area contributed by atoms with E-state index in [0.29, 0.717) is 28.3 Å². The first-order chi connectivity index (χ1) is 18.9. The van der Waals surface area contributed by atoms with Crippen LogP contribution in [0.3, 0.4) is 0 Å². The first-order valence-corrected chi connectivity index (χ1v) is 13.3. The molecule has 0 radical (unpaired) electrons. The first-order valence-electron chi connectivity index (χ1n) is 13.3. The quantitative estimate of drug-likeness (QED) is 0.360. The number of nitrogens with one attached hydrogen (secondary N) is 2. The van der Waals surface area contributed by atoms with Crippen LogP contribution in [0, 0.1) is 11.3 Å². The van der Waals surface area contributed by atoms with E-state index >= 15 is 0 Å². The third kappa shape index (κ3) is 5.67. The Morgan fingerprint density at radius 1 is 1.20 bits per heavy atom. The molecule has 0 saturated heterocycles. The maximum absolute atomic E-state index is 13.3. The van der Waals surface area contributed by atoms with Crippen LogP contribution in [0.4, 0.5) is 23.2 Å². The number of rotatable bonds is 10. The van der Waals surface area contributed by atoms with Gasteiger partial charge in [0.2, 0.25) is 0 Å². The second-order valence-electron chi connectivity index (χ2n) is 11.4. The van der Waals surface area contributed by atoms with Gasteiger partial charge in [0.25, 0.3) is 11.5 Å². The standard InChI is InChI=1S/C28H32F4N6O2/c1-18-10-27(11-18,25-36-34-17-37(25)2)20-4-3-5-21(9-20)35-23(39)22-8-19(12-33-15-26(14-29)6-7-26)13-38(24(22)40)16-28(30,31)32/h3-5,8-9,13,17-18,33H,6-7,10-12,14-16H2,1-2H3,(H,35,39). The Labute approximate surface area is 228 Å². The van der Waals surface area contributed by atoms with Crippen molar-refractivity contribution in [3.8, 4) is 0 Å². The Morgan fingerprint density at radius 3 is 2.55 bits per heavy atom. The fraction of sp³-hybridized carbons (Fsp3) is 0.500. The maximum Gasteiger partial charge on any atom is 0.406 e. The van der Waals surface area contributed by atoms with Gasteiger partial charge in [0, 0.05) is 37.4 Å². The Balaban J connectivity index is 1.40. The van der Waals surface area contributed by atoms with E-state index < -0.39 is 41.8 Å². The molecule has 12 heteroatoms. The molecule has 0 atom stereocenters. The van der Waals surface area contributed by atoms with Crippen LogP contribution < -0.4 is 16.2 Å². The van der Waals surface area contributed by atoms with Crippen molar-refractivity contribution in [3.63, 3.8) is 0 Å². The number of alkyl halides is 4. The van der Waals surface area contributed by atoms with E-state index in [4.69, 9.17) is 0 Å². The molecular formula is C28H32F4N6O2. The third-order valence-electron chi connectivity index (χ3n) is 8.01. The summed E-state index contributed by atoms with van der Waals surface area (Å²) in [6.45, 7) is 0.603. The van der Waals surface area contributed by atoms with Gasteiger partial charge in [0.05, 0.1) is 12.1 Å². The Kier molecular flexibility index (Phi) is 7.32. The van der Waals surface area contributed by atoms with Gasteiger partial charge in [-0.1, -0.05) is 19.1 Å². The van der Waals surface area contributed by atoms with Crippen LogP contribution in [0.15, 0.2) is 47.7 Å². The molecule has 2 aromatic heterocycles. The fourth-order valence-corrected chi connectivity index (χ4v) is 5.76. The lowest BCUT2D eigenvalue weighted by molar-refractivity contribution is -0.141. The highest BCUT2D eigenvalue weighted by Crippen LogP contribution is 2.51. The molecule has 0 aliphatic heterocycles. The topological polar surface area (TPSA) is 93.8 Å². The van der Waals surface area contributed by atoms with Gasteiger partial charge in [-0.15, -0.1) is 10.2 Å². The summed E-state index contributed by atoms with van der Waals surface area (Å²) in [6.07, 6.45) is 1.26. The Bertz CT molecular complexity index is 1450. The number of halogens is 4. The van der Waals surface area contributed by atoms with Crippen LogP contribution in [0.1, 0.15) is 59.9 Å². The number of carbonyl (C=O) groups is 1. The number of nitrogens with zero attached hydrogens (tertiary/aromatic N) is 4. The number of benzene rings is 1. The highest BCUT2D eigenvalue weighted by molar-refractivity contribution is 6.04. The third-order valence-corrected chi connectivity index (χ3v) is 8.01. The summed E-state index contributed by atoms with van der Waals surface area (Å²) in [6, 6.07) is 8.50. The van der Waals surface area contributed by atoms with Crippen molar-refractivity contribution in [3.05, 3.63) is 75.7 Å². The summed E-state index contributed by atoms with van der Waals surface area (Å²) in [4.78, 5) is 26.2. The highest BCUT2D eigenvalue weighted by Gasteiger charge is 2.48. The highest BCUT2D eigenvalue weighted by atomic mass is 19.4. The minimum absolute atomic E-state index is 0.0913. The average Bonchev–Trinajstić information content (AvgIpc) is 3.53. The number of anilines is 1. The second-order valence-corrected chi connectivity index (χ2v) is 11.4. The van der Waals surface area contributed by atoms with Gasteiger partial charge in [-0.2, -0.15) is 13.2 Å². The largest absolute Gasteiger partial charge is 0.406 e. The molecule has 40 heavy (non-hydrogen) atoms. The van der Waals surface area contributed by atoms with Crippen molar-refractivity contribution in [1.82, 2.24) is 24.6 Å². The van der Waals surface area contributed by atoms with Crippen LogP contribution in [-0.4, -0.2) is 44.6 Å². The lowest BCUT2D eigenvalue weighted by Gasteiger charge is -2.46. The molecule has 2 aliphatic carbocycles. The molecule has 0 unspecified atom stereocenters. The van der Waals surface area contributed by atoms with Gasteiger partial charge in [-0.25, -0.2) is 0 Å². The number of amides is 1. The smallest absolute Gasteiger partial charge is 0.322 e. The molecule has 214 valence electrons. The van der Waals surface area contributed by atoms with Gasteiger partial charge in [-0.3, -0.25) is 14.0 Å². The summed E-state index contributed by atoms with van der Waals surface area (Å²) in [5, 5.41) is 14.1. The monoisotopic (exact) mass is 560 g/mol. The van der Waals surface area contributed by atoms with Gasteiger partial charge in [-0.05, 0) is 60.9 Å². The number of pyridine rings is 1. The number of hydrogen-bond acceptors (Lipinski definition) is 5. The summed E-state index contributed by atoms with van der Waals surface area (Å²) < 4.78 is 55.3. The predicted molar refractivity (Wildman–Crippen MR) is 141 cm³/mol. The first kappa shape index (κ1) is 28.0. The molecule has 1 aromatic carbocycles. The normalized spacial score (nSPS) is 21.6. The molecule has 2 fully saturated rings. The fourth-order valence-electron chi connectivity index (χ4n) is 5.76. The van der Waals surface area contributed by atoms with Crippen molar-refractivity contribution < 1.29 is 22.4 Å². The van der Waals surface area contributed by atoms with Crippen molar-refractivity contribution in [2.45, 2.75) is 57.3 Å². The van der Waals surface area contributed by atoms with E-state index in [1.54, 1.807) is 18.5 Å². The van der Waals surface area contributed by atoms with Crippen molar-refractivity contribution in [1.29, 1.82) is 0 Å². The van der Waals surface area contributed by atoms with Crippen LogP contribution >= 0.6 is 0 Å². The molecule has 0 spiro atoms. The van der Waals surface area contributed by atoms with E-state index in [2.05, 4.69) is 27.8 Å². The van der Waals surface area contributed by atoms with Crippen LogP contribution in [0.25, 0.3) is 0 Å². The zero-order valence-corrected chi connectivity index (χ0v) is 22.4. The molecule has 2 saturated carbocycles. The van der Waals surface area contributed by atoms with E-state index in [1.807, 2.05) is 23.7 Å². The Morgan fingerprint density at radius 2 is 1.95 bits per heavy atom. The lowest BCUT2D eigenvalue weighted by atomic mass is 9.58. The predicted octanol–water partition coefficient (Wildman–Crippen LogP) is 4.35. The number of aromatic nitrogens is 4. The summed E-state index contributed by atoms with van der Waals surface area (Å²) in [5.74, 6) is 0.472. The Hall–Kier alpha value is -3.54. The second kappa shape index (κ2) is 10.5. The average molecular weight is 561 g/mol. The molecule has 8 nitrogen and oxygen atoms in total. The molecule has 1 amide bonds. The zero-order valence-electron chi connectivity index (χ0n) is 22.4. The number of carbonyl (C=O) groups excluding carboxylic acids is 1. The van der Waals surface area contributed by atoms with Crippen LogP contribution in [0.2, 0.25) is 0 Å². The van der Waals surface area contributed by atoms with E-state index in [9.17, 15) is 27.2 Å². The van der Waals surface area contributed by atoms with E-state index in [-0.39, 0.29) is 12.0 Å². The van der Waals surface area contributed by atoms with Crippen LogP contribution in [0.5, 0.6) is 0 Å². The molecule has 0 bridgehead atoms. The zero-order chi connectivity index (χ0) is 28.7. The van der Waals surface area contributed by atoms with Gasteiger partial charge < -0.3 is 19.8 Å². The van der Waals surface area contributed by atoms with Crippen molar-refractivity contribution in [2.24, 2.45) is 18.4 Å². The molecule has 2 N–H and O–H groups in total. The molecule has 5 rings (SSSR count). The molecule has 2 heterocycles. The summed E-state index contributed by atoms with van der Waals surface area (Å²) in [5.41, 5.74) is -0.592. The van der Waals surface area contributed by atoms with Crippen molar-refractivity contribution >= 4 is 11.6 Å². The summed E-state index contributed by atoms with van der Waals surface area (Å²) >= 11 is 0. The van der Waals surface area contributed by atoms with Gasteiger partial charge in [0.1, 0.15) is 24.3 Å². The molecule has 3 aromatic rings. The summed E-state index contributed by atoms with van der Waals surface area (Å²) in [7, 11) is 1.88. The minimum Gasteiger partial charge on any atom is -0.322 e. The van der Waals surface area contributed by atoms with Crippen molar-refractivity contribution in [2.75, 3.05) is 18.5 Å². The maximum atomic E-state index is 13.3. The van der Waals surface area contributed by atoms with Crippen LogP contribution in [-0.2, 0) is 25.6 Å². The van der Waals surface area contributed by atoms with Gasteiger partial charge >= 0.3 is 6.18 Å². The number of aryl methyl sites for hydroxylation is 1. The SMILES string of the molecule is CC1CC(c2cccc(NC(=O)c3cc(CNCC4(CF)CC4)cn(CC(F)(F)F)c3=O)c2)(c2nncn2C)C1. The lowest BCUT2D eigenvalue weighted by Crippen LogP contribution is -2.43. The van der Waals surface area contributed by atoms with E-state index in [1.165, 1.54) is 6.07 Å². The van der Waals surface area contributed by atoms with Gasteiger partial charge in [0.15, 0.2) is 0 Å². The van der Waals surface area contributed by atoms with E-state index in [0.717, 1.165) is 43.3 Å².